The lowest BCUT2D eigenvalue weighted by Gasteiger charge is -2.30. The molecule has 57 heavy (non-hydrogen) atoms. The second-order valence-corrected chi connectivity index (χ2v) is 16.2. The molecule has 0 radical (unpaired) electrons. The van der Waals surface area contributed by atoms with Gasteiger partial charge in [-0.05, 0) is 85.6 Å². The van der Waals surface area contributed by atoms with E-state index >= 15 is 0 Å². The Morgan fingerprint density at radius 1 is 0.982 bits per heavy atom. The van der Waals surface area contributed by atoms with Gasteiger partial charge in [0.25, 0.3) is 11.5 Å². The Kier molecular flexibility index (Phi) is 20.7. The SMILES string of the molecule is CC(C)(O)O.CC1CCCC(NC(=O)C2=CCCC(OC(C(N)=O)C3CCC(n4ccc(=O)[nH]c4=O)O3)O2)C(=O)N1.CCCCCCCCCCC(C)(C)C(=O)O. The zero-order chi connectivity index (χ0) is 42.8. The normalized spacial score (nSPS) is 22.8. The third-order valence-electron chi connectivity index (χ3n) is 9.70. The number of aromatic nitrogens is 2. The van der Waals surface area contributed by atoms with Crippen LogP contribution in [0.2, 0.25) is 0 Å². The molecule has 0 aliphatic carbocycles. The minimum Gasteiger partial charge on any atom is -0.481 e. The molecule has 0 bridgehead atoms. The lowest BCUT2D eigenvalue weighted by molar-refractivity contribution is -0.195. The van der Waals surface area contributed by atoms with E-state index in [1.165, 1.54) is 75.6 Å². The Morgan fingerprint density at radius 3 is 2.21 bits per heavy atom. The molecule has 6 atom stereocenters. The number of hydrogen-bond acceptors (Lipinski definition) is 11. The quantitative estimate of drug-likeness (QED) is 0.0880. The summed E-state index contributed by atoms with van der Waals surface area (Å²) in [5, 5.41) is 30.7. The average Bonchev–Trinajstić information content (AvgIpc) is 3.53. The van der Waals surface area contributed by atoms with Gasteiger partial charge in [0, 0.05) is 24.7 Å². The molecule has 8 N–H and O–H groups in total. The van der Waals surface area contributed by atoms with Gasteiger partial charge in [-0.25, -0.2) is 4.79 Å². The van der Waals surface area contributed by atoms with E-state index in [9.17, 15) is 28.8 Å². The number of aliphatic hydroxyl groups is 2. The third kappa shape index (κ3) is 18.8. The third-order valence-corrected chi connectivity index (χ3v) is 9.70. The van der Waals surface area contributed by atoms with E-state index in [4.69, 9.17) is 35.3 Å². The average molecular weight is 810 g/mol. The molecule has 2 saturated heterocycles. The van der Waals surface area contributed by atoms with Crippen LogP contribution >= 0.6 is 0 Å². The van der Waals surface area contributed by atoms with Gasteiger partial charge in [0.15, 0.2) is 17.7 Å². The van der Waals surface area contributed by atoms with E-state index in [0.29, 0.717) is 32.1 Å². The molecule has 3 aliphatic heterocycles. The summed E-state index contributed by atoms with van der Waals surface area (Å²) in [4.78, 5) is 73.7. The Morgan fingerprint density at radius 2 is 1.61 bits per heavy atom. The van der Waals surface area contributed by atoms with Crippen molar-refractivity contribution in [3.05, 3.63) is 44.9 Å². The predicted octanol–water partition coefficient (Wildman–Crippen LogP) is 3.61. The Labute approximate surface area is 335 Å². The number of hydrogen-bond donors (Lipinski definition) is 7. The second kappa shape index (κ2) is 24.0. The molecule has 1 aromatic heterocycles. The lowest BCUT2D eigenvalue weighted by Crippen LogP contribution is -2.48. The van der Waals surface area contributed by atoms with Gasteiger partial charge in [-0.2, -0.15) is 0 Å². The molecule has 17 heteroatoms. The Balaban J connectivity index is 0.000000445. The van der Waals surface area contributed by atoms with Crippen LogP contribution in [-0.2, 0) is 33.4 Å². The van der Waals surface area contributed by atoms with Crippen molar-refractivity contribution in [2.24, 2.45) is 11.1 Å². The van der Waals surface area contributed by atoms with Crippen LogP contribution in [0.3, 0.4) is 0 Å². The maximum absolute atomic E-state index is 12.8. The molecular weight excluding hydrogens is 742 g/mol. The van der Waals surface area contributed by atoms with Crippen LogP contribution < -0.4 is 27.6 Å². The van der Waals surface area contributed by atoms with E-state index in [1.807, 2.05) is 20.8 Å². The summed E-state index contributed by atoms with van der Waals surface area (Å²) in [7, 11) is 0. The van der Waals surface area contributed by atoms with Gasteiger partial charge in [0.05, 0.1) is 11.5 Å². The van der Waals surface area contributed by atoms with Crippen molar-refractivity contribution in [2.45, 2.75) is 187 Å². The molecule has 3 aliphatic rings. The number of carbonyl (C=O) groups excluding carboxylic acids is 3. The van der Waals surface area contributed by atoms with Crippen LogP contribution in [0.25, 0.3) is 0 Å². The summed E-state index contributed by atoms with van der Waals surface area (Å²) >= 11 is 0. The summed E-state index contributed by atoms with van der Waals surface area (Å²) in [6.45, 7) is 10.4. The Hall–Kier alpha value is -4.06. The number of carbonyl (C=O) groups is 4. The van der Waals surface area contributed by atoms with E-state index in [-0.39, 0.29) is 17.7 Å². The number of ether oxygens (including phenoxy) is 3. The number of rotatable bonds is 17. The molecule has 6 unspecified atom stereocenters. The summed E-state index contributed by atoms with van der Waals surface area (Å²) in [6, 6.07) is 0.592. The number of carboxylic acid groups (broad SMARTS) is 1. The minimum absolute atomic E-state index is 0.00424. The highest BCUT2D eigenvalue weighted by Crippen LogP contribution is 2.31. The highest BCUT2D eigenvalue weighted by Gasteiger charge is 2.39. The molecule has 0 spiro atoms. The van der Waals surface area contributed by atoms with Gasteiger partial charge in [-0.1, -0.05) is 58.3 Å². The molecule has 3 amide bonds. The zero-order valence-electron chi connectivity index (χ0n) is 34.6. The topological polar surface area (TPSA) is 262 Å². The first-order chi connectivity index (χ1) is 26.7. The summed E-state index contributed by atoms with van der Waals surface area (Å²) < 4.78 is 18.6. The van der Waals surface area contributed by atoms with Crippen molar-refractivity contribution in [2.75, 3.05) is 0 Å². The number of carboxylic acids is 1. The number of allylic oxidation sites excluding steroid dienone is 1. The molecule has 17 nitrogen and oxygen atoms in total. The molecule has 0 aromatic carbocycles. The first-order valence-electron chi connectivity index (χ1n) is 20.3. The molecule has 4 rings (SSSR count). The van der Waals surface area contributed by atoms with Crippen molar-refractivity contribution in [3.63, 3.8) is 0 Å². The summed E-state index contributed by atoms with van der Waals surface area (Å²) in [6.07, 6.45) is 14.1. The van der Waals surface area contributed by atoms with Gasteiger partial charge in [0.2, 0.25) is 18.1 Å². The van der Waals surface area contributed by atoms with Crippen molar-refractivity contribution in [1.29, 1.82) is 0 Å². The monoisotopic (exact) mass is 809 g/mol. The van der Waals surface area contributed by atoms with E-state index in [1.54, 1.807) is 6.08 Å². The van der Waals surface area contributed by atoms with Crippen LogP contribution in [0.5, 0.6) is 0 Å². The molecule has 324 valence electrons. The molecule has 4 heterocycles. The Bertz CT molecular complexity index is 1580. The van der Waals surface area contributed by atoms with Gasteiger partial charge in [0.1, 0.15) is 12.3 Å². The zero-order valence-corrected chi connectivity index (χ0v) is 34.6. The van der Waals surface area contributed by atoms with Gasteiger partial charge in [-0.15, -0.1) is 0 Å². The van der Waals surface area contributed by atoms with Gasteiger partial charge in [-0.3, -0.25) is 33.5 Å². The highest BCUT2D eigenvalue weighted by molar-refractivity contribution is 5.95. The number of unbranched alkanes of at least 4 members (excludes halogenated alkanes) is 7. The van der Waals surface area contributed by atoms with Gasteiger partial charge >= 0.3 is 11.7 Å². The summed E-state index contributed by atoms with van der Waals surface area (Å²) in [5.74, 6) is -3.72. The number of nitrogens with one attached hydrogen (secondary N) is 3. The number of H-pyrrole nitrogens is 1. The van der Waals surface area contributed by atoms with Crippen molar-refractivity contribution in [1.82, 2.24) is 20.2 Å². The molecular formula is C40H67N5O12. The molecule has 0 saturated carbocycles. The molecule has 2 fully saturated rings. The molecule has 1 aromatic rings. The first-order valence-corrected chi connectivity index (χ1v) is 20.3. The standard InChI is InChI=1S/C23H31N5O8.C14H28O2.C3H8O2/c1-12-4-2-5-13(21(31)25-12)26-22(32)15-6-3-7-18(35-15)36-19(20(24)30)14-8-9-17(34-14)28-11-10-16(29)27-23(28)33;1-4-5-6-7-8-9-10-11-12-14(2,3)13(15)16;1-3(2,4)5/h6,10-14,17-19H,2-5,7-9H2,1H3,(H2,24,30)(H,25,31)(H,26,32)(H,27,29,33);4-12H2,1-3H3,(H,15,16);4-5H,1-2H3. The number of aliphatic carboxylic acids is 1. The van der Waals surface area contributed by atoms with Crippen LogP contribution in [0.4, 0.5) is 0 Å². The minimum atomic E-state index is -1.50. The largest absolute Gasteiger partial charge is 0.481 e. The number of aromatic amines is 1. The van der Waals surface area contributed by atoms with Crippen LogP contribution in [-0.4, -0.2) is 84.9 Å². The first kappa shape index (κ1) is 49.1. The van der Waals surface area contributed by atoms with Crippen LogP contribution in [0, 0.1) is 5.41 Å². The summed E-state index contributed by atoms with van der Waals surface area (Å²) in [5.41, 5.74) is 3.88. The van der Waals surface area contributed by atoms with Crippen LogP contribution in [0.15, 0.2) is 33.7 Å². The fourth-order valence-corrected chi connectivity index (χ4v) is 6.42. The smallest absolute Gasteiger partial charge is 0.330 e. The number of primary amides is 1. The van der Waals surface area contributed by atoms with E-state index in [0.717, 1.165) is 25.7 Å². The fourth-order valence-electron chi connectivity index (χ4n) is 6.42. The number of nitrogens with zero attached hydrogens (tertiary/aromatic N) is 1. The lowest BCUT2D eigenvalue weighted by atomic mass is 9.87. The highest BCUT2D eigenvalue weighted by atomic mass is 16.7. The van der Waals surface area contributed by atoms with Crippen molar-refractivity contribution >= 4 is 23.7 Å². The predicted molar refractivity (Wildman–Crippen MR) is 211 cm³/mol. The van der Waals surface area contributed by atoms with Crippen molar-refractivity contribution < 1.29 is 48.7 Å². The van der Waals surface area contributed by atoms with E-state index < -0.39 is 71.0 Å². The second-order valence-electron chi connectivity index (χ2n) is 16.2. The number of nitrogens with two attached hydrogens (primary N) is 1. The number of amides is 3. The van der Waals surface area contributed by atoms with Gasteiger partial charge < -0.3 is 45.9 Å². The van der Waals surface area contributed by atoms with E-state index in [2.05, 4.69) is 22.5 Å². The maximum Gasteiger partial charge on any atom is 0.330 e. The fraction of sp³-hybridized carbons (Fsp3) is 0.750. The van der Waals surface area contributed by atoms with Crippen molar-refractivity contribution in [3.8, 4) is 0 Å². The van der Waals surface area contributed by atoms with Crippen LogP contribution in [0.1, 0.15) is 151 Å². The maximum atomic E-state index is 12.8.